The Morgan fingerprint density at radius 1 is 1.71 bits per heavy atom. The van der Waals surface area contributed by atoms with Crippen molar-refractivity contribution in [3.8, 4) is 0 Å². The van der Waals surface area contributed by atoms with Crippen LogP contribution in [-0.2, 0) is 4.57 Å². The summed E-state index contributed by atoms with van der Waals surface area (Å²) in [7, 11) is -3.13. The van der Waals surface area contributed by atoms with Gasteiger partial charge in [0.05, 0.1) is 5.25 Å². The minimum atomic E-state index is -3.13. The smallest absolute Gasteiger partial charge is 0.314 e. The maximum Gasteiger partial charge on any atom is 0.314 e. The molecule has 1 atom stereocenters. The Bertz CT molecular complexity index is 249. The zero-order valence-corrected chi connectivity index (χ0v) is 9.78. The SMILES string of the molecule is CCC(SC)c1nc[nH]n1.O=[PH](O)O. The van der Waals surface area contributed by atoms with Crippen molar-refractivity contribution in [1.29, 1.82) is 0 Å². The maximum atomic E-state index is 8.74. The van der Waals surface area contributed by atoms with Crippen LogP contribution in [-0.4, -0.2) is 31.2 Å². The van der Waals surface area contributed by atoms with E-state index in [1.807, 2.05) is 0 Å². The zero-order chi connectivity index (χ0) is 11.0. The summed E-state index contributed by atoms with van der Waals surface area (Å²) in [6, 6.07) is 0. The van der Waals surface area contributed by atoms with Gasteiger partial charge in [-0.3, -0.25) is 9.66 Å². The van der Waals surface area contributed by atoms with Crippen LogP contribution in [0.15, 0.2) is 6.33 Å². The van der Waals surface area contributed by atoms with Gasteiger partial charge in [-0.15, -0.1) is 0 Å². The van der Waals surface area contributed by atoms with Crippen molar-refractivity contribution in [2.45, 2.75) is 18.6 Å². The van der Waals surface area contributed by atoms with E-state index >= 15 is 0 Å². The lowest BCUT2D eigenvalue weighted by Gasteiger charge is -2.04. The molecule has 1 aromatic heterocycles. The molecule has 0 bridgehead atoms. The van der Waals surface area contributed by atoms with Crippen molar-refractivity contribution in [1.82, 2.24) is 15.2 Å². The Morgan fingerprint density at radius 2 is 2.29 bits per heavy atom. The average molecular weight is 239 g/mol. The van der Waals surface area contributed by atoms with E-state index in [-0.39, 0.29) is 0 Å². The third-order valence-corrected chi connectivity index (χ3v) is 2.49. The van der Waals surface area contributed by atoms with E-state index in [4.69, 9.17) is 14.4 Å². The highest BCUT2D eigenvalue weighted by molar-refractivity contribution is 7.98. The Balaban J connectivity index is 0.000000364. The second kappa shape index (κ2) is 7.99. The summed E-state index contributed by atoms with van der Waals surface area (Å²) < 4.78 is 8.74. The molecule has 82 valence electrons. The number of thioether (sulfide) groups is 1. The first-order valence-electron chi connectivity index (χ1n) is 3.92. The quantitative estimate of drug-likeness (QED) is 0.680. The molecule has 1 aromatic rings. The van der Waals surface area contributed by atoms with Crippen LogP contribution in [0.25, 0.3) is 0 Å². The number of aromatic amines is 1. The van der Waals surface area contributed by atoms with Crippen molar-refractivity contribution in [2.75, 3.05) is 6.26 Å². The fraction of sp³-hybridized carbons (Fsp3) is 0.667. The third-order valence-electron chi connectivity index (χ3n) is 1.38. The average Bonchev–Trinajstić information content (AvgIpc) is 2.58. The molecule has 0 radical (unpaired) electrons. The van der Waals surface area contributed by atoms with Crippen molar-refractivity contribution >= 4 is 20.0 Å². The Morgan fingerprint density at radius 3 is 2.57 bits per heavy atom. The van der Waals surface area contributed by atoms with E-state index in [0.29, 0.717) is 5.25 Å². The number of rotatable bonds is 3. The lowest BCUT2D eigenvalue weighted by Crippen LogP contribution is -1.93. The summed E-state index contributed by atoms with van der Waals surface area (Å²) in [6.45, 7) is 2.14. The molecule has 0 saturated heterocycles. The zero-order valence-electron chi connectivity index (χ0n) is 7.97. The first kappa shape index (κ1) is 13.6. The van der Waals surface area contributed by atoms with Crippen molar-refractivity contribution < 1.29 is 14.4 Å². The monoisotopic (exact) mass is 239 g/mol. The van der Waals surface area contributed by atoms with Crippen LogP contribution in [0.2, 0.25) is 0 Å². The van der Waals surface area contributed by atoms with Crippen molar-refractivity contribution in [2.24, 2.45) is 0 Å². The predicted octanol–water partition coefficient (Wildman–Crippen LogP) is 0.979. The lowest BCUT2D eigenvalue weighted by atomic mass is 10.3. The number of H-pyrrole nitrogens is 1. The molecule has 0 aromatic carbocycles. The fourth-order valence-corrected chi connectivity index (χ4v) is 1.49. The van der Waals surface area contributed by atoms with Crippen molar-refractivity contribution in [3.05, 3.63) is 12.2 Å². The van der Waals surface area contributed by atoms with E-state index in [9.17, 15) is 0 Å². The molecule has 8 heteroatoms. The molecule has 1 unspecified atom stereocenters. The van der Waals surface area contributed by atoms with E-state index in [1.165, 1.54) is 0 Å². The molecule has 0 fully saturated rings. The predicted molar refractivity (Wildman–Crippen MR) is 56.4 cm³/mol. The molecule has 1 heterocycles. The second-order valence-electron chi connectivity index (χ2n) is 2.27. The van der Waals surface area contributed by atoms with E-state index in [2.05, 4.69) is 28.4 Å². The van der Waals surface area contributed by atoms with Crippen LogP contribution in [0.1, 0.15) is 24.4 Å². The van der Waals surface area contributed by atoms with Crippen LogP contribution >= 0.6 is 20.0 Å². The van der Waals surface area contributed by atoms with Crippen LogP contribution in [0.3, 0.4) is 0 Å². The molecule has 0 saturated carbocycles. The van der Waals surface area contributed by atoms with Gasteiger partial charge in [0.2, 0.25) is 0 Å². The summed E-state index contributed by atoms with van der Waals surface area (Å²) in [6.07, 6.45) is 4.78. The van der Waals surface area contributed by atoms with Crippen LogP contribution in [0, 0.1) is 0 Å². The lowest BCUT2D eigenvalue weighted by molar-refractivity contribution is 0.405. The summed E-state index contributed by atoms with van der Waals surface area (Å²) in [4.78, 5) is 18.4. The van der Waals surface area contributed by atoms with Gasteiger partial charge in [-0.25, -0.2) is 4.98 Å². The molecule has 1 rings (SSSR count). The molecule has 3 N–H and O–H groups in total. The van der Waals surface area contributed by atoms with Gasteiger partial charge in [-0.1, -0.05) is 6.92 Å². The molecule has 6 nitrogen and oxygen atoms in total. The summed E-state index contributed by atoms with van der Waals surface area (Å²) in [5, 5.41) is 7.16. The molecule has 0 amide bonds. The molecule has 0 aliphatic heterocycles. The van der Waals surface area contributed by atoms with Crippen molar-refractivity contribution in [3.63, 3.8) is 0 Å². The Kier molecular flexibility index (Phi) is 7.78. The van der Waals surface area contributed by atoms with Gasteiger partial charge in [0.25, 0.3) is 0 Å². The van der Waals surface area contributed by atoms with Crippen LogP contribution in [0.4, 0.5) is 0 Å². The number of aromatic nitrogens is 3. The second-order valence-corrected chi connectivity index (χ2v) is 3.88. The van der Waals surface area contributed by atoms with Gasteiger partial charge in [-0.05, 0) is 12.7 Å². The summed E-state index contributed by atoms with van der Waals surface area (Å²) in [5.74, 6) is 0.912. The third kappa shape index (κ3) is 6.15. The van der Waals surface area contributed by atoms with Gasteiger partial charge < -0.3 is 9.79 Å². The highest BCUT2D eigenvalue weighted by atomic mass is 32.2. The highest BCUT2D eigenvalue weighted by Gasteiger charge is 2.09. The minimum Gasteiger partial charge on any atom is -0.326 e. The number of hydrogen-bond donors (Lipinski definition) is 3. The van der Waals surface area contributed by atoms with Crippen LogP contribution in [0.5, 0.6) is 0 Å². The van der Waals surface area contributed by atoms with Gasteiger partial charge >= 0.3 is 8.25 Å². The van der Waals surface area contributed by atoms with Gasteiger partial charge in [0.15, 0.2) is 5.82 Å². The van der Waals surface area contributed by atoms with E-state index in [1.54, 1.807) is 18.1 Å². The molecule has 14 heavy (non-hydrogen) atoms. The Hall–Kier alpha value is -0.360. The summed E-state index contributed by atoms with van der Waals surface area (Å²) >= 11 is 1.78. The molecular formula is C6H14N3O3PS. The largest absolute Gasteiger partial charge is 0.326 e. The fourth-order valence-electron chi connectivity index (χ4n) is 0.829. The molecular weight excluding hydrogens is 225 g/mol. The Labute approximate surface area is 87.1 Å². The van der Waals surface area contributed by atoms with Crippen LogP contribution < -0.4 is 0 Å². The molecule has 0 aliphatic rings. The number of hydrogen-bond acceptors (Lipinski definition) is 4. The maximum absolute atomic E-state index is 8.74. The molecule has 0 aliphatic carbocycles. The van der Waals surface area contributed by atoms with Gasteiger partial charge in [0, 0.05) is 0 Å². The van der Waals surface area contributed by atoms with E-state index in [0.717, 1.165) is 12.2 Å². The first-order valence-corrected chi connectivity index (χ1v) is 6.51. The van der Waals surface area contributed by atoms with Gasteiger partial charge in [0.1, 0.15) is 6.33 Å². The number of nitrogens with one attached hydrogen (secondary N) is 1. The molecule has 0 spiro atoms. The summed E-state index contributed by atoms with van der Waals surface area (Å²) in [5.41, 5.74) is 0. The van der Waals surface area contributed by atoms with Gasteiger partial charge in [-0.2, -0.15) is 16.9 Å². The standard InChI is InChI=1S/C6H11N3S.H3O3P/c1-3-5(10-2)6-7-4-8-9-6;1-4(2)3/h4-5H,3H2,1-2H3,(H,7,8,9);4H,(H2,1,2,3). The minimum absolute atomic E-state index is 0.450. The topological polar surface area (TPSA) is 99.1 Å². The first-order chi connectivity index (χ1) is 6.61. The normalized spacial score (nSPS) is 12.1. The highest BCUT2D eigenvalue weighted by Crippen LogP contribution is 2.25. The van der Waals surface area contributed by atoms with E-state index < -0.39 is 8.25 Å². The number of nitrogens with zero attached hydrogens (tertiary/aromatic N) is 2.